The minimum atomic E-state index is -0.502. The summed E-state index contributed by atoms with van der Waals surface area (Å²) in [5, 5.41) is 5.84. The van der Waals surface area contributed by atoms with E-state index in [-0.39, 0.29) is 22.5 Å². The molecule has 0 radical (unpaired) electrons. The largest absolute Gasteiger partial charge is 0.496 e. The van der Waals surface area contributed by atoms with Crippen LogP contribution in [0.15, 0.2) is 71.2 Å². The molecule has 0 atom stereocenters. The monoisotopic (exact) mass is 570 g/mol. The van der Waals surface area contributed by atoms with Gasteiger partial charge in [-0.3, -0.25) is 14.9 Å². The number of carbonyl (C=O) groups is 2. The number of benzene rings is 3. The lowest BCUT2D eigenvalue weighted by atomic mass is 10.1. The van der Waals surface area contributed by atoms with E-state index in [2.05, 4.69) is 31.5 Å². The molecule has 2 N–H and O–H groups in total. The van der Waals surface area contributed by atoms with Gasteiger partial charge in [-0.05, 0) is 66.8 Å². The van der Waals surface area contributed by atoms with Crippen molar-refractivity contribution in [1.29, 1.82) is 0 Å². The maximum absolute atomic E-state index is 14.0. The quantitative estimate of drug-likeness (QED) is 0.434. The minimum Gasteiger partial charge on any atom is -0.496 e. The van der Waals surface area contributed by atoms with Crippen LogP contribution >= 0.6 is 28.1 Å². The Balaban J connectivity index is 1.31. The van der Waals surface area contributed by atoms with E-state index >= 15 is 0 Å². The van der Waals surface area contributed by atoms with Crippen LogP contribution in [0.25, 0.3) is 0 Å². The van der Waals surface area contributed by atoms with E-state index in [9.17, 15) is 14.0 Å². The van der Waals surface area contributed by atoms with Crippen LogP contribution in [0, 0.1) is 5.82 Å². The Labute approximate surface area is 222 Å². The van der Waals surface area contributed by atoms with Gasteiger partial charge >= 0.3 is 0 Å². The van der Waals surface area contributed by atoms with Gasteiger partial charge in [0.1, 0.15) is 11.6 Å². The molecule has 4 rings (SSSR count). The maximum atomic E-state index is 14.0. The van der Waals surface area contributed by atoms with E-state index in [0.29, 0.717) is 37.5 Å². The number of carbonyl (C=O) groups excluding carboxylic acids is 2. The number of hydrogen-bond donors (Lipinski definition) is 2. The first-order valence-electron chi connectivity index (χ1n) is 11.2. The van der Waals surface area contributed by atoms with E-state index in [4.69, 9.17) is 17.0 Å². The molecule has 7 nitrogen and oxygen atoms in total. The molecule has 0 saturated carbocycles. The van der Waals surface area contributed by atoms with Gasteiger partial charge in [0.15, 0.2) is 5.11 Å². The fraction of sp³-hybridized carbons (Fsp3) is 0.192. The summed E-state index contributed by atoms with van der Waals surface area (Å²) in [4.78, 5) is 29.1. The molecule has 10 heteroatoms. The van der Waals surface area contributed by atoms with Crippen LogP contribution in [0.1, 0.15) is 20.7 Å². The number of hydrogen-bond acceptors (Lipinski definition) is 5. The molecule has 2 amide bonds. The van der Waals surface area contributed by atoms with Crippen LogP contribution in [0.4, 0.5) is 15.8 Å². The lowest BCUT2D eigenvalue weighted by Gasteiger charge is -2.36. The van der Waals surface area contributed by atoms with Gasteiger partial charge in [0, 0.05) is 42.0 Å². The summed E-state index contributed by atoms with van der Waals surface area (Å²) < 4.78 is 20.0. The average Bonchev–Trinajstić information content (AvgIpc) is 2.89. The minimum absolute atomic E-state index is 0.0998. The first-order chi connectivity index (χ1) is 17.4. The number of methoxy groups -OCH3 is 1. The van der Waals surface area contributed by atoms with Crippen molar-refractivity contribution in [2.24, 2.45) is 0 Å². The molecular weight excluding hydrogens is 547 g/mol. The van der Waals surface area contributed by atoms with E-state index in [1.165, 1.54) is 19.2 Å². The lowest BCUT2D eigenvalue weighted by Crippen LogP contribution is -2.49. The fourth-order valence-electron chi connectivity index (χ4n) is 3.92. The molecule has 36 heavy (non-hydrogen) atoms. The highest BCUT2D eigenvalue weighted by Gasteiger charge is 2.24. The van der Waals surface area contributed by atoms with Crippen LogP contribution in [0.3, 0.4) is 0 Å². The first-order valence-corrected chi connectivity index (χ1v) is 12.4. The SMILES string of the molecule is COc1ccc(Br)cc1C(=O)NC(=S)Nc1ccc(N2CCN(C(=O)c3ccccc3F)CC2)cc1. The molecule has 1 heterocycles. The Kier molecular flexibility index (Phi) is 8.17. The summed E-state index contributed by atoms with van der Waals surface area (Å²) in [5.41, 5.74) is 2.17. The molecular formula is C26H24BrFN4O3S. The molecule has 1 aliphatic heterocycles. The second-order valence-electron chi connectivity index (χ2n) is 8.06. The van der Waals surface area contributed by atoms with Crippen molar-refractivity contribution < 1.29 is 18.7 Å². The second kappa shape index (κ2) is 11.5. The Hall–Kier alpha value is -3.50. The van der Waals surface area contributed by atoms with E-state index < -0.39 is 5.82 Å². The molecule has 0 unspecified atom stereocenters. The second-order valence-corrected chi connectivity index (χ2v) is 9.38. The van der Waals surface area contributed by atoms with Crippen molar-refractivity contribution in [3.8, 4) is 5.75 Å². The third kappa shape index (κ3) is 6.00. The van der Waals surface area contributed by atoms with Gasteiger partial charge in [-0.25, -0.2) is 4.39 Å². The highest BCUT2D eigenvalue weighted by molar-refractivity contribution is 9.10. The molecule has 0 bridgehead atoms. The molecule has 3 aromatic carbocycles. The third-order valence-corrected chi connectivity index (χ3v) is 6.49. The van der Waals surface area contributed by atoms with Gasteiger partial charge in [0.05, 0.1) is 18.2 Å². The maximum Gasteiger partial charge on any atom is 0.261 e. The Bertz CT molecular complexity index is 1280. The van der Waals surface area contributed by atoms with Gasteiger partial charge in [-0.2, -0.15) is 0 Å². The zero-order valence-corrected chi connectivity index (χ0v) is 21.9. The molecule has 3 aromatic rings. The summed E-state index contributed by atoms with van der Waals surface area (Å²) >= 11 is 8.65. The zero-order chi connectivity index (χ0) is 25.7. The third-order valence-electron chi connectivity index (χ3n) is 5.79. The van der Waals surface area contributed by atoms with Crippen molar-refractivity contribution in [3.63, 3.8) is 0 Å². The Morgan fingerprint density at radius 3 is 2.33 bits per heavy atom. The number of amides is 2. The predicted octanol–water partition coefficient (Wildman–Crippen LogP) is 4.69. The van der Waals surface area contributed by atoms with Crippen LogP contribution in [0.2, 0.25) is 0 Å². The average molecular weight is 571 g/mol. The number of anilines is 2. The molecule has 1 saturated heterocycles. The fourth-order valence-corrected chi connectivity index (χ4v) is 4.49. The number of nitrogens with zero attached hydrogens (tertiary/aromatic N) is 2. The van der Waals surface area contributed by atoms with Gasteiger partial charge in [0.25, 0.3) is 11.8 Å². The lowest BCUT2D eigenvalue weighted by molar-refractivity contribution is 0.0742. The van der Waals surface area contributed by atoms with Crippen molar-refractivity contribution in [2.75, 3.05) is 43.5 Å². The van der Waals surface area contributed by atoms with Crippen molar-refractivity contribution >= 4 is 56.4 Å². The van der Waals surface area contributed by atoms with E-state index in [1.807, 2.05) is 24.3 Å². The summed E-state index contributed by atoms with van der Waals surface area (Å²) in [7, 11) is 1.50. The van der Waals surface area contributed by atoms with Crippen molar-refractivity contribution in [3.05, 3.63) is 88.1 Å². The van der Waals surface area contributed by atoms with Crippen LogP contribution in [0.5, 0.6) is 5.75 Å². The van der Waals surface area contributed by atoms with E-state index in [1.54, 1.807) is 35.2 Å². The molecule has 1 aliphatic rings. The standard InChI is InChI=1S/C26H24BrFN4O3S/c1-35-23-11-6-17(27)16-21(23)24(33)30-26(36)29-18-7-9-19(10-8-18)31-12-14-32(15-13-31)25(34)20-4-2-3-5-22(20)28/h2-11,16H,12-15H2,1H3,(H2,29,30,33,36). The van der Waals surface area contributed by atoms with Gasteiger partial charge in [-0.1, -0.05) is 28.1 Å². The zero-order valence-electron chi connectivity index (χ0n) is 19.5. The molecule has 0 spiro atoms. The highest BCUT2D eigenvalue weighted by atomic mass is 79.9. The van der Waals surface area contributed by atoms with Crippen LogP contribution in [-0.4, -0.2) is 55.1 Å². The number of thiocarbonyl (C=S) groups is 1. The highest BCUT2D eigenvalue weighted by Crippen LogP contribution is 2.23. The molecule has 1 fully saturated rings. The summed E-state index contributed by atoms with van der Waals surface area (Å²) in [6.45, 7) is 2.27. The van der Waals surface area contributed by atoms with Crippen LogP contribution in [-0.2, 0) is 0 Å². The number of halogens is 2. The Morgan fingerprint density at radius 2 is 1.67 bits per heavy atom. The molecule has 186 valence electrons. The topological polar surface area (TPSA) is 73.9 Å². The number of rotatable bonds is 5. The van der Waals surface area contributed by atoms with Crippen molar-refractivity contribution in [1.82, 2.24) is 10.2 Å². The summed E-state index contributed by atoms with van der Waals surface area (Å²) in [6.07, 6.45) is 0. The Morgan fingerprint density at radius 1 is 0.972 bits per heavy atom. The van der Waals surface area contributed by atoms with Crippen LogP contribution < -0.4 is 20.3 Å². The smallest absolute Gasteiger partial charge is 0.261 e. The normalized spacial score (nSPS) is 13.2. The molecule has 0 aromatic heterocycles. The van der Waals surface area contributed by atoms with Gasteiger partial charge < -0.3 is 19.9 Å². The van der Waals surface area contributed by atoms with E-state index in [0.717, 1.165) is 15.8 Å². The number of nitrogens with one attached hydrogen (secondary N) is 2. The number of piperazine rings is 1. The van der Waals surface area contributed by atoms with Crippen molar-refractivity contribution in [2.45, 2.75) is 0 Å². The first kappa shape index (κ1) is 25.6. The number of ether oxygens (including phenoxy) is 1. The summed E-state index contributed by atoms with van der Waals surface area (Å²) in [5.74, 6) is -0.732. The van der Waals surface area contributed by atoms with Gasteiger partial charge in [0.2, 0.25) is 0 Å². The summed E-state index contributed by atoms with van der Waals surface area (Å²) in [6, 6.07) is 18.8. The van der Waals surface area contributed by atoms with Gasteiger partial charge in [-0.15, -0.1) is 0 Å². The predicted molar refractivity (Wildman–Crippen MR) is 145 cm³/mol. The molecule has 0 aliphatic carbocycles.